The van der Waals surface area contributed by atoms with E-state index in [2.05, 4.69) is 0 Å². The third-order valence-electron chi connectivity index (χ3n) is 5.41. The molecule has 0 atom stereocenters. The third-order valence-corrected chi connectivity index (χ3v) is 6.67. The number of fused-ring (bicyclic) bond motifs is 2. The van der Waals surface area contributed by atoms with Gasteiger partial charge in [-0.2, -0.15) is 0 Å². The molecule has 32 heavy (non-hydrogen) atoms. The zero-order valence-corrected chi connectivity index (χ0v) is 19.7. The van der Waals surface area contributed by atoms with Crippen LogP contribution in [0.25, 0.3) is 21.9 Å². The minimum atomic E-state index is -0.396. The highest BCUT2D eigenvalue weighted by atomic mass is 35.5. The minimum absolute atomic E-state index is 0.117. The average Bonchev–Trinajstić information content (AvgIpc) is 2.75. The Morgan fingerprint density at radius 1 is 1.09 bits per heavy atom. The number of benzene rings is 2. The van der Waals surface area contributed by atoms with Gasteiger partial charge in [-0.3, -0.25) is 9.36 Å². The molecule has 0 amide bonds. The van der Waals surface area contributed by atoms with Crippen LogP contribution in [-0.2, 0) is 17.0 Å². The fourth-order valence-corrected chi connectivity index (χ4v) is 4.78. The highest BCUT2D eigenvalue weighted by molar-refractivity contribution is 7.98. The van der Waals surface area contributed by atoms with Crippen LogP contribution in [0.4, 0.5) is 0 Å². The maximum absolute atomic E-state index is 13.2. The fraction of sp³-hybridized carbons (Fsp3) is 0.292. The maximum atomic E-state index is 13.2. The predicted octanol–water partition coefficient (Wildman–Crippen LogP) is 5.10. The third kappa shape index (κ3) is 4.60. The summed E-state index contributed by atoms with van der Waals surface area (Å²) in [5, 5.41) is 2.51. The van der Waals surface area contributed by atoms with Gasteiger partial charge in [0.05, 0.1) is 10.9 Å². The average molecular weight is 471 g/mol. The van der Waals surface area contributed by atoms with Crippen molar-refractivity contribution >= 4 is 45.2 Å². The molecule has 8 heteroatoms. The van der Waals surface area contributed by atoms with Crippen molar-refractivity contribution in [1.82, 2.24) is 9.55 Å². The Bertz CT molecular complexity index is 1430. The van der Waals surface area contributed by atoms with Crippen molar-refractivity contribution in [3.63, 3.8) is 0 Å². The topological polar surface area (TPSA) is 74.3 Å². The molecule has 4 aromatic rings. The molecular formula is C24H23ClN2O4S. The lowest BCUT2D eigenvalue weighted by Gasteiger charge is -2.14. The zero-order valence-electron chi connectivity index (χ0n) is 18.1. The second kappa shape index (κ2) is 9.48. The van der Waals surface area contributed by atoms with Crippen molar-refractivity contribution in [2.45, 2.75) is 37.7 Å². The van der Waals surface area contributed by atoms with Gasteiger partial charge in [0.2, 0.25) is 0 Å². The van der Waals surface area contributed by atoms with Crippen LogP contribution >= 0.6 is 23.4 Å². The van der Waals surface area contributed by atoms with Gasteiger partial charge in [-0.15, -0.1) is 0 Å². The Hall–Kier alpha value is -2.61. The van der Waals surface area contributed by atoms with E-state index in [1.54, 1.807) is 29.9 Å². The molecule has 0 saturated heterocycles. The minimum Gasteiger partial charge on any atom is -0.423 e. The summed E-state index contributed by atoms with van der Waals surface area (Å²) >= 11 is 7.55. The Balaban J connectivity index is 1.77. The van der Waals surface area contributed by atoms with Crippen molar-refractivity contribution in [3.05, 3.63) is 78.9 Å². The van der Waals surface area contributed by atoms with Gasteiger partial charge in [0.1, 0.15) is 5.58 Å². The van der Waals surface area contributed by atoms with Crippen molar-refractivity contribution < 1.29 is 9.15 Å². The number of ether oxygens (including phenoxy) is 1. The number of hydrogen-bond acceptors (Lipinski definition) is 6. The van der Waals surface area contributed by atoms with E-state index in [9.17, 15) is 9.59 Å². The summed E-state index contributed by atoms with van der Waals surface area (Å²) < 4.78 is 12.2. The van der Waals surface area contributed by atoms with Crippen LogP contribution in [0.3, 0.4) is 0 Å². The molecule has 0 spiro atoms. The van der Waals surface area contributed by atoms with Gasteiger partial charge in [-0.25, -0.2) is 9.78 Å². The number of rotatable bonds is 7. The molecule has 4 rings (SSSR count). The van der Waals surface area contributed by atoms with Gasteiger partial charge < -0.3 is 9.15 Å². The maximum Gasteiger partial charge on any atom is 0.336 e. The molecule has 0 radical (unpaired) electrons. The molecule has 0 aliphatic rings. The van der Waals surface area contributed by atoms with Crippen LogP contribution < -0.4 is 11.2 Å². The molecule has 0 bridgehead atoms. The van der Waals surface area contributed by atoms with Crippen molar-refractivity contribution in [3.8, 4) is 0 Å². The second-order valence-electron chi connectivity index (χ2n) is 7.67. The van der Waals surface area contributed by atoms with Crippen molar-refractivity contribution in [1.29, 1.82) is 0 Å². The van der Waals surface area contributed by atoms with Gasteiger partial charge in [0.15, 0.2) is 5.16 Å². The van der Waals surface area contributed by atoms with Gasteiger partial charge in [0, 0.05) is 42.5 Å². The Morgan fingerprint density at radius 2 is 1.88 bits per heavy atom. The molecule has 2 aromatic heterocycles. The Morgan fingerprint density at radius 3 is 2.66 bits per heavy atom. The Labute approximate surface area is 194 Å². The summed E-state index contributed by atoms with van der Waals surface area (Å²) in [6, 6.07) is 10.5. The van der Waals surface area contributed by atoms with Gasteiger partial charge >= 0.3 is 5.63 Å². The second-order valence-corrected chi connectivity index (χ2v) is 9.05. The number of methoxy groups -OCH3 is 1. The van der Waals surface area contributed by atoms with Crippen LogP contribution in [-0.4, -0.2) is 23.3 Å². The van der Waals surface area contributed by atoms with Gasteiger partial charge in [-0.1, -0.05) is 23.4 Å². The molecule has 0 aliphatic carbocycles. The van der Waals surface area contributed by atoms with Crippen LogP contribution in [0.2, 0.25) is 5.02 Å². The van der Waals surface area contributed by atoms with Crippen LogP contribution in [0.1, 0.15) is 23.1 Å². The number of aromatic nitrogens is 2. The Kier molecular flexibility index (Phi) is 6.69. The largest absolute Gasteiger partial charge is 0.423 e. The molecule has 166 valence electrons. The summed E-state index contributed by atoms with van der Waals surface area (Å²) in [7, 11) is 1.63. The molecule has 0 unspecified atom stereocenters. The molecular weight excluding hydrogens is 448 g/mol. The van der Waals surface area contributed by atoms with E-state index in [1.165, 1.54) is 17.8 Å². The molecule has 0 fully saturated rings. The summed E-state index contributed by atoms with van der Waals surface area (Å²) in [6.07, 6.45) is 0.682. The van der Waals surface area contributed by atoms with Gasteiger partial charge in [0.25, 0.3) is 5.56 Å². The smallest absolute Gasteiger partial charge is 0.336 e. The fourth-order valence-electron chi connectivity index (χ4n) is 3.59. The first-order valence-electron chi connectivity index (χ1n) is 10.2. The van der Waals surface area contributed by atoms with Crippen LogP contribution in [0.15, 0.2) is 55.6 Å². The molecule has 0 saturated carbocycles. The standard InChI is InChI=1S/C24H23ClN2O4S/c1-14-9-19-16(11-22(28)31-21(19)10-15(14)2)13-32-24-26-20-12-17(25)5-6-18(20)23(29)27(24)7-4-8-30-3/h5-6,9-12H,4,7-8,13H2,1-3H3. The number of nitrogens with zero attached hydrogens (tertiary/aromatic N) is 2. The summed E-state index contributed by atoms with van der Waals surface area (Å²) in [6.45, 7) is 5.03. The number of thioether (sulfide) groups is 1. The lowest BCUT2D eigenvalue weighted by atomic mass is 10.0. The summed E-state index contributed by atoms with van der Waals surface area (Å²) in [5.74, 6) is 0.466. The van der Waals surface area contributed by atoms with Crippen molar-refractivity contribution in [2.24, 2.45) is 0 Å². The first kappa shape index (κ1) is 22.6. The first-order chi connectivity index (χ1) is 15.4. The normalized spacial score (nSPS) is 11.5. The molecule has 0 N–H and O–H groups in total. The highest BCUT2D eigenvalue weighted by Crippen LogP contribution is 2.28. The lowest BCUT2D eigenvalue weighted by Crippen LogP contribution is -2.24. The van der Waals surface area contributed by atoms with E-state index in [0.29, 0.717) is 52.0 Å². The van der Waals surface area contributed by atoms with Gasteiger partial charge in [-0.05, 0) is 67.3 Å². The lowest BCUT2D eigenvalue weighted by molar-refractivity contribution is 0.189. The van der Waals surface area contributed by atoms with E-state index < -0.39 is 5.63 Å². The monoisotopic (exact) mass is 470 g/mol. The van der Waals surface area contributed by atoms with Crippen molar-refractivity contribution in [2.75, 3.05) is 13.7 Å². The summed E-state index contributed by atoms with van der Waals surface area (Å²) in [5.41, 5.74) is 3.62. The number of halogens is 1. The van der Waals surface area contributed by atoms with Crippen LogP contribution in [0, 0.1) is 13.8 Å². The molecule has 2 heterocycles. The molecule has 0 aliphatic heterocycles. The van der Waals surface area contributed by atoms with E-state index in [0.717, 1.165) is 22.1 Å². The molecule has 6 nitrogen and oxygen atoms in total. The number of aryl methyl sites for hydroxylation is 2. The highest BCUT2D eigenvalue weighted by Gasteiger charge is 2.14. The predicted molar refractivity (Wildman–Crippen MR) is 129 cm³/mol. The summed E-state index contributed by atoms with van der Waals surface area (Å²) in [4.78, 5) is 30.0. The van der Waals surface area contributed by atoms with E-state index in [-0.39, 0.29) is 5.56 Å². The first-order valence-corrected chi connectivity index (χ1v) is 11.6. The molecule has 2 aromatic carbocycles. The quantitative estimate of drug-likeness (QED) is 0.162. The SMILES string of the molecule is COCCCn1c(SCc2cc(=O)oc3cc(C)c(C)cc23)nc2cc(Cl)ccc2c1=O. The number of hydrogen-bond donors (Lipinski definition) is 0. The van der Waals surface area contributed by atoms with E-state index in [4.69, 9.17) is 25.7 Å². The zero-order chi connectivity index (χ0) is 22.8. The van der Waals surface area contributed by atoms with E-state index in [1.807, 2.05) is 26.0 Å². The van der Waals surface area contributed by atoms with Crippen LogP contribution in [0.5, 0.6) is 0 Å². The van der Waals surface area contributed by atoms with E-state index >= 15 is 0 Å².